The summed E-state index contributed by atoms with van der Waals surface area (Å²) >= 11 is 3.40. The van der Waals surface area contributed by atoms with Gasteiger partial charge in [-0.25, -0.2) is 4.98 Å². The molecule has 92 valence electrons. The summed E-state index contributed by atoms with van der Waals surface area (Å²) in [6, 6.07) is 9.32. The Bertz CT molecular complexity index is 520. The van der Waals surface area contributed by atoms with Crippen molar-refractivity contribution < 1.29 is 4.74 Å². The van der Waals surface area contributed by atoms with E-state index in [-0.39, 0.29) is 0 Å². The second kappa shape index (κ2) is 7.04. The predicted octanol–water partition coefficient (Wildman–Crippen LogP) is 3.58. The molecule has 0 radical (unpaired) electrons. The molecule has 1 aromatic heterocycles. The lowest BCUT2D eigenvalue weighted by atomic mass is 10.2. The van der Waals surface area contributed by atoms with Crippen LogP contribution in [0.3, 0.4) is 0 Å². The van der Waals surface area contributed by atoms with Crippen LogP contribution < -0.4 is 4.74 Å². The molecular weight excluding hydrogens is 264 g/mol. The molecular formula is C13H12N2OS2. The van der Waals surface area contributed by atoms with Crippen molar-refractivity contribution in [2.75, 3.05) is 12.4 Å². The van der Waals surface area contributed by atoms with Gasteiger partial charge < -0.3 is 4.74 Å². The Balaban J connectivity index is 1.67. The largest absolute Gasteiger partial charge is 0.494 e. The zero-order valence-electron chi connectivity index (χ0n) is 9.70. The molecule has 0 atom stereocenters. The Hall–Kier alpha value is -1.51. The Morgan fingerprint density at radius 2 is 2.39 bits per heavy atom. The van der Waals surface area contributed by atoms with E-state index < -0.39 is 0 Å². The van der Waals surface area contributed by atoms with E-state index in [0.717, 1.165) is 22.3 Å². The lowest BCUT2D eigenvalue weighted by Gasteiger charge is -2.05. The molecule has 2 rings (SSSR count). The summed E-state index contributed by atoms with van der Waals surface area (Å²) in [6.07, 6.45) is 2.78. The molecule has 0 saturated heterocycles. The molecule has 18 heavy (non-hydrogen) atoms. The van der Waals surface area contributed by atoms with E-state index in [1.165, 1.54) is 0 Å². The fourth-order valence-electron chi connectivity index (χ4n) is 1.35. The summed E-state index contributed by atoms with van der Waals surface area (Å²) in [4.78, 5) is 4.20. The number of nitrogens with zero attached hydrogens (tertiary/aromatic N) is 2. The van der Waals surface area contributed by atoms with Crippen LogP contribution in [0, 0.1) is 11.3 Å². The summed E-state index contributed by atoms with van der Waals surface area (Å²) in [5.41, 5.74) is 0.629. The highest BCUT2D eigenvalue weighted by Gasteiger charge is 1.98. The average Bonchev–Trinajstić information content (AvgIpc) is 2.92. The van der Waals surface area contributed by atoms with E-state index in [1.807, 2.05) is 23.7 Å². The van der Waals surface area contributed by atoms with Crippen LogP contribution >= 0.6 is 23.1 Å². The van der Waals surface area contributed by atoms with Crippen molar-refractivity contribution in [1.29, 1.82) is 5.26 Å². The SMILES string of the molecule is N#Cc1cccc(OCCCSc2nccs2)c1. The fourth-order valence-corrected chi connectivity index (χ4v) is 2.97. The number of aromatic nitrogens is 1. The number of rotatable bonds is 6. The topological polar surface area (TPSA) is 45.9 Å². The maximum Gasteiger partial charge on any atom is 0.149 e. The number of nitriles is 1. The highest BCUT2D eigenvalue weighted by atomic mass is 32.2. The molecule has 0 N–H and O–H groups in total. The number of thioether (sulfide) groups is 1. The molecule has 1 heterocycles. The maximum atomic E-state index is 8.76. The lowest BCUT2D eigenvalue weighted by molar-refractivity contribution is 0.318. The molecule has 0 spiro atoms. The Morgan fingerprint density at radius 1 is 1.44 bits per heavy atom. The second-order valence-corrected chi connectivity index (χ2v) is 5.72. The Kier molecular flexibility index (Phi) is 5.06. The van der Waals surface area contributed by atoms with E-state index in [2.05, 4.69) is 11.1 Å². The highest BCUT2D eigenvalue weighted by Crippen LogP contribution is 2.21. The highest BCUT2D eigenvalue weighted by molar-refractivity contribution is 8.00. The van der Waals surface area contributed by atoms with Crippen molar-refractivity contribution in [2.45, 2.75) is 10.8 Å². The standard InChI is InChI=1S/C13H12N2OS2/c14-10-11-3-1-4-12(9-11)16-6-2-7-17-13-15-5-8-18-13/h1,3-5,8-9H,2,6-7H2. The number of benzene rings is 1. The van der Waals surface area contributed by atoms with Crippen LogP contribution in [0.4, 0.5) is 0 Å². The third kappa shape index (κ3) is 4.06. The van der Waals surface area contributed by atoms with Crippen molar-refractivity contribution in [1.82, 2.24) is 4.98 Å². The molecule has 0 amide bonds. The van der Waals surface area contributed by atoms with E-state index >= 15 is 0 Å². The minimum absolute atomic E-state index is 0.629. The molecule has 1 aromatic carbocycles. The van der Waals surface area contributed by atoms with Crippen molar-refractivity contribution >= 4 is 23.1 Å². The molecule has 0 saturated carbocycles. The fraction of sp³-hybridized carbons (Fsp3) is 0.231. The van der Waals surface area contributed by atoms with Gasteiger partial charge in [-0.15, -0.1) is 11.3 Å². The van der Waals surface area contributed by atoms with Gasteiger partial charge in [0.05, 0.1) is 18.2 Å². The Morgan fingerprint density at radius 3 is 3.17 bits per heavy atom. The number of ether oxygens (including phenoxy) is 1. The van der Waals surface area contributed by atoms with Crippen molar-refractivity contribution in [2.24, 2.45) is 0 Å². The second-order valence-electron chi connectivity index (χ2n) is 3.49. The third-order valence-electron chi connectivity index (χ3n) is 2.16. The first-order chi connectivity index (χ1) is 8.88. The number of hydrogen-bond acceptors (Lipinski definition) is 5. The molecule has 0 aliphatic carbocycles. The van der Waals surface area contributed by atoms with Gasteiger partial charge in [-0.05, 0) is 24.6 Å². The van der Waals surface area contributed by atoms with Crippen LogP contribution in [-0.4, -0.2) is 17.3 Å². The van der Waals surface area contributed by atoms with Gasteiger partial charge in [-0.3, -0.25) is 0 Å². The van der Waals surface area contributed by atoms with E-state index in [1.54, 1.807) is 35.2 Å². The molecule has 2 aromatic rings. The molecule has 3 nitrogen and oxygen atoms in total. The average molecular weight is 276 g/mol. The van der Waals surface area contributed by atoms with Gasteiger partial charge in [0.1, 0.15) is 10.1 Å². The van der Waals surface area contributed by atoms with Crippen LogP contribution in [0.25, 0.3) is 0 Å². The van der Waals surface area contributed by atoms with Gasteiger partial charge in [-0.1, -0.05) is 17.8 Å². The predicted molar refractivity (Wildman–Crippen MR) is 74.1 cm³/mol. The first-order valence-electron chi connectivity index (χ1n) is 5.54. The molecule has 0 aliphatic heterocycles. The van der Waals surface area contributed by atoms with Gasteiger partial charge in [0, 0.05) is 17.3 Å². The number of thiazole rings is 1. The van der Waals surface area contributed by atoms with Crippen LogP contribution in [0.2, 0.25) is 0 Å². The van der Waals surface area contributed by atoms with Crippen LogP contribution in [0.15, 0.2) is 40.2 Å². The smallest absolute Gasteiger partial charge is 0.149 e. The Labute approximate surface area is 114 Å². The normalized spacial score (nSPS) is 9.94. The van der Waals surface area contributed by atoms with Gasteiger partial charge in [0.25, 0.3) is 0 Å². The number of hydrogen-bond donors (Lipinski definition) is 0. The minimum Gasteiger partial charge on any atom is -0.494 e. The molecule has 5 heteroatoms. The maximum absolute atomic E-state index is 8.76. The first kappa shape index (κ1) is 12.9. The van der Waals surface area contributed by atoms with Crippen molar-refractivity contribution in [3.8, 4) is 11.8 Å². The summed E-state index contributed by atoms with van der Waals surface area (Å²) < 4.78 is 6.69. The van der Waals surface area contributed by atoms with Crippen LogP contribution in [0.5, 0.6) is 5.75 Å². The minimum atomic E-state index is 0.629. The summed E-state index contributed by atoms with van der Waals surface area (Å²) in [5, 5.41) is 10.7. The molecule has 0 bridgehead atoms. The van der Waals surface area contributed by atoms with Gasteiger partial charge in [-0.2, -0.15) is 5.26 Å². The quantitative estimate of drug-likeness (QED) is 0.597. The molecule has 0 aliphatic rings. The zero-order chi connectivity index (χ0) is 12.6. The van der Waals surface area contributed by atoms with E-state index in [0.29, 0.717) is 12.2 Å². The van der Waals surface area contributed by atoms with Gasteiger partial charge >= 0.3 is 0 Å². The third-order valence-corrected chi connectivity index (χ3v) is 4.21. The van der Waals surface area contributed by atoms with Gasteiger partial charge in [0.2, 0.25) is 0 Å². The van der Waals surface area contributed by atoms with Crippen molar-refractivity contribution in [3.05, 3.63) is 41.4 Å². The van der Waals surface area contributed by atoms with Gasteiger partial charge in [0.15, 0.2) is 0 Å². The van der Waals surface area contributed by atoms with E-state index in [9.17, 15) is 0 Å². The monoisotopic (exact) mass is 276 g/mol. The summed E-state index contributed by atoms with van der Waals surface area (Å²) in [7, 11) is 0. The van der Waals surface area contributed by atoms with Crippen molar-refractivity contribution in [3.63, 3.8) is 0 Å². The summed E-state index contributed by atoms with van der Waals surface area (Å²) in [6.45, 7) is 0.660. The zero-order valence-corrected chi connectivity index (χ0v) is 11.3. The van der Waals surface area contributed by atoms with E-state index in [4.69, 9.17) is 10.00 Å². The summed E-state index contributed by atoms with van der Waals surface area (Å²) in [5.74, 6) is 1.75. The van der Waals surface area contributed by atoms with Crippen LogP contribution in [-0.2, 0) is 0 Å². The first-order valence-corrected chi connectivity index (χ1v) is 7.40. The molecule has 0 unspecified atom stereocenters. The van der Waals surface area contributed by atoms with Crippen LogP contribution in [0.1, 0.15) is 12.0 Å². The lowest BCUT2D eigenvalue weighted by Crippen LogP contribution is -1.98. The molecule has 0 fully saturated rings.